The van der Waals surface area contributed by atoms with Crippen LogP contribution in [0.1, 0.15) is 15.9 Å². The molecule has 0 aliphatic heterocycles. The van der Waals surface area contributed by atoms with E-state index < -0.39 is 5.97 Å². The summed E-state index contributed by atoms with van der Waals surface area (Å²) in [6.07, 6.45) is 0. The standard InChI is InChI=1S/C16H12ClNO3/c17-14-5-7-15(8-6-14)20-9-10-21-16(19)13-3-1-12(11-18)2-4-13/h1-8H,9-10H2. The van der Waals surface area contributed by atoms with Crippen molar-refractivity contribution in [1.82, 2.24) is 0 Å². The van der Waals surface area contributed by atoms with Crippen LogP contribution >= 0.6 is 11.6 Å². The highest BCUT2D eigenvalue weighted by atomic mass is 35.5. The smallest absolute Gasteiger partial charge is 0.338 e. The summed E-state index contributed by atoms with van der Waals surface area (Å²) in [5.74, 6) is 0.216. The summed E-state index contributed by atoms with van der Waals surface area (Å²) in [6.45, 7) is 0.394. The molecule has 0 amide bonds. The van der Waals surface area contributed by atoms with E-state index in [1.54, 1.807) is 48.5 Å². The molecule has 0 atom stereocenters. The fourth-order valence-electron chi connectivity index (χ4n) is 1.59. The molecule has 2 aromatic rings. The van der Waals surface area contributed by atoms with Crippen molar-refractivity contribution >= 4 is 17.6 Å². The minimum absolute atomic E-state index is 0.140. The first-order valence-corrected chi connectivity index (χ1v) is 6.62. The van der Waals surface area contributed by atoms with E-state index in [9.17, 15) is 4.79 Å². The zero-order valence-electron chi connectivity index (χ0n) is 11.1. The van der Waals surface area contributed by atoms with Crippen LogP contribution in [-0.2, 0) is 4.74 Å². The lowest BCUT2D eigenvalue weighted by Crippen LogP contribution is -2.12. The Hall–Kier alpha value is -2.51. The van der Waals surface area contributed by atoms with E-state index >= 15 is 0 Å². The van der Waals surface area contributed by atoms with Crippen molar-refractivity contribution in [3.63, 3.8) is 0 Å². The molecule has 0 saturated carbocycles. The normalized spacial score (nSPS) is 9.71. The van der Waals surface area contributed by atoms with Crippen LogP contribution in [-0.4, -0.2) is 19.2 Å². The van der Waals surface area contributed by atoms with Crippen molar-refractivity contribution < 1.29 is 14.3 Å². The van der Waals surface area contributed by atoms with E-state index in [4.69, 9.17) is 26.3 Å². The van der Waals surface area contributed by atoms with Crippen LogP contribution in [0.4, 0.5) is 0 Å². The molecule has 0 saturated heterocycles. The lowest BCUT2D eigenvalue weighted by atomic mass is 10.1. The number of nitrogens with zero attached hydrogens (tertiary/aromatic N) is 1. The Labute approximate surface area is 127 Å². The second-order valence-corrected chi connectivity index (χ2v) is 4.56. The Balaban J connectivity index is 1.76. The molecule has 0 heterocycles. The number of nitriles is 1. The van der Waals surface area contributed by atoms with Gasteiger partial charge in [-0.25, -0.2) is 4.79 Å². The molecule has 0 aromatic heterocycles. The van der Waals surface area contributed by atoms with E-state index in [1.165, 1.54) is 0 Å². The van der Waals surface area contributed by atoms with Gasteiger partial charge in [0.15, 0.2) is 0 Å². The van der Waals surface area contributed by atoms with Crippen LogP contribution in [0.5, 0.6) is 5.75 Å². The fourth-order valence-corrected chi connectivity index (χ4v) is 1.71. The zero-order chi connectivity index (χ0) is 15.1. The lowest BCUT2D eigenvalue weighted by Gasteiger charge is -2.07. The number of esters is 1. The predicted octanol–water partition coefficient (Wildman–Crippen LogP) is 3.45. The Morgan fingerprint density at radius 1 is 1.05 bits per heavy atom. The monoisotopic (exact) mass is 301 g/mol. The molecule has 0 N–H and O–H groups in total. The minimum atomic E-state index is -0.445. The number of hydrogen-bond acceptors (Lipinski definition) is 4. The SMILES string of the molecule is N#Cc1ccc(C(=O)OCCOc2ccc(Cl)cc2)cc1. The topological polar surface area (TPSA) is 59.3 Å². The Kier molecular flexibility index (Phi) is 5.19. The maximum absolute atomic E-state index is 11.7. The first-order valence-electron chi connectivity index (χ1n) is 6.25. The number of hydrogen-bond donors (Lipinski definition) is 0. The van der Waals surface area contributed by atoms with E-state index in [0.29, 0.717) is 21.9 Å². The van der Waals surface area contributed by atoms with Crippen molar-refractivity contribution in [3.8, 4) is 11.8 Å². The van der Waals surface area contributed by atoms with Crippen molar-refractivity contribution in [2.75, 3.05) is 13.2 Å². The molecule has 106 valence electrons. The molecule has 5 heteroatoms. The average Bonchev–Trinajstić information content (AvgIpc) is 2.53. The van der Waals surface area contributed by atoms with Gasteiger partial charge in [0.25, 0.3) is 0 Å². The van der Waals surface area contributed by atoms with Crippen LogP contribution in [0.3, 0.4) is 0 Å². The van der Waals surface area contributed by atoms with Gasteiger partial charge in [0.1, 0.15) is 19.0 Å². The van der Waals surface area contributed by atoms with Crippen LogP contribution in [0.25, 0.3) is 0 Å². The van der Waals surface area contributed by atoms with E-state index in [1.807, 2.05) is 6.07 Å². The van der Waals surface area contributed by atoms with Gasteiger partial charge in [-0.15, -0.1) is 0 Å². The maximum Gasteiger partial charge on any atom is 0.338 e. The Bertz CT molecular complexity index is 645. The fraction of sp³-hybridized carbons (Fsp3) is 0.125. The second kappa shape index (κ2) is 7.32. The van der Waals surface area contributed by atoms with Gasteiger partial charge in [-0.05, 0) is 48.5 Å². The highest BCUT2D eigenvalue weighted by Gasteiger charge is 2.06. The Morgan fingerprint density at radius 3 is 2.33 bits per heavy atom. The Morgan fingerprint density at radius 2 is 1.71 bits per heavy atom. The first kappa shape index (κ1) is 14.9. The van der Waals surface area contributed by atoms with Gasteiger partial charge in [0.2, 0.25) is 0 Å². The van der Waals surface area contributed by atoms with Crippen LogP contribution in [0.2, 0.25) is 5.02 Å². The van der Waals surface area contributed by atoms with Crippen molar-refractivity contribution in [3.05, 3.63) is 64.7 Å². The average molecular weight is 302 g/mol. The molecular weight excluding hydrogens is 290 g/mol. The van der Waals surface area contributed by atoms with Gasteiger partial charge < -0.3 is 9.47 Å². The van der Waals surface area contributed by atoms with E-state index in [0.717, 1.165) is 0 Å². The molecule has 0 fully saturated rings. The van der Waals surface area contributed by atoms with Gasteiger partial charge in [-0.3, -0.25) is 0 Å². The number of carbonyl (C=O) groups is 1. The van der Waals surface area contributed by atoms with Gasteiger partial charge >= 0.3 is 5.97 Å². The number of rotatable bonds is 5. The third-order valence-electron chi connectivity index (χ3n) is 2.65. The first-order chi connectivity index (χ1) is 10.2. The maximum atomic E-state index is 11.7. The quantitative estimate of drug-likeness (QED) is 0.627. The molecular formula is C16H12ClNO3. The molecule has 0 aliphatic rings. The van der Waals surface area contributed by atoms with Crippen LogP contribution in [0.15, 0.2) is 48.5 Å². The summed E-state index contributed by atoms with van der Waals surface area (Å²) in [4.78, 5) is 11.7. The molecule has 0 bridgehead atoms. The van der Waals surface area contributed by atoms with Gasteiger partial charge in [-0.2, -0.15) is 5.26 Å². The molecule has 0 spiro atoms. The molecule has 0 aliphatic carbocycles. The van der Waals surface area contributed by atoms with Crippen LogP contribution in [0, 0.1) is 11.3 Å². The summed E-state index contributed by atoms with van der Waals surface area (Å²) in [6, 6.07) is 15.2. The number of ether oxygens (including phenoxy) is 2. The highest BCUT2D eigenvalue weighted by Crippen LogP contribution is 2.15. The highest BCUT2D eigenvalue weighted by molar-refractivity contribution is 6.30. The molecule has 21 heavy (non-hydrogen) atoms. The van der Waals surface area contributed by atoms with Gasteiger partial charge in [0.05, 0.1) is 17.2 Å². The van der Waals surface area contributed by atoms with Crippen molar-refractivity contribution in [1.29, 1.82) is 5.26 Å². The molecule has 2 aromatic carbocycles. The van der Waals surface area contributed by atoms with Gasteiger partial charge in [-0.1, -0.05) is 11.6 Å². The van der Waals surface area contributed by atoms with E-state index in [2.05, 4.69) is 0 Å². The minimum Gasteiger partial charge on any atom is -0.490 e. The van der Waals surface area contributed by atoms with Gasteiger partial charge in [0, 0.05) is 5.02 Å². The third kappa shape index (κ3) is 4.51. The molecule has 4 nitrogen and oxygen atoms in total. The molecule has 0 radical (unpaired) electrons. The number of halogens is 1. The zero-order valence-corrected chi connectivity index (χ0v) is 11.8. The van der Waals surface area contributed by atoms with Crippen LogP contribution < -0.4 is 4.74 Å². The summed E-state index contributed by atoms with van der Waals surface area (Å²) in [5.41, 5.74) is 0.901. The largest absolute Gasteiger partial charge is 0.490 e. The summed E-state index contributed by atoms with van der Waals surface area (Å²) in [5, 5.41) is 9.31. The summed E-state index contributed by atoms with van der Waals surface area (Å²) >= 11 is 5.76. The number of benzene rings is 2. The predicted molar refractivity (Wildman–Crippen MR) is 78.4 cm³/mol. The number of carbonyl (C=O) groups excluding carboxylic acids is 1. The molecule has 0 unspecified atom stereocenters. The second-order valence-electron chi connectivity index (χ2n) is 4.13. The van der Waals surface area contributed by atoms with E-state index in [-0.39, 0.29) is 13.2 Å². The summed E-state index contributed by atoms with van der Waals surface area (Å²) in [7, 11) is 0. The van der Waals surface area contributed by atoms with Crippen molar-refractivity contribution in [2.45, 2.75) is 0 Å². The summed E-state index contributed by atoms with van der Waals surface area (Å²) < 4.78 is 10.5. The molecule has 2 rings (SSSR count). The van der Waals surface area contributed by atoms with Crippen molar-refractivity contribution in [2.24, 2.45) is 0 Å². The lowest BCUT2D eigenvalue weighted by molar-refractivity contribution is 0.0450. The third-order valence-corrected chi connectivity index (χ3v) is 2.90.